The Hall–Kier alpha value is -0.770. The summed E-state index contributed by atoms with van der Waals surface area (Å²) in [4.78, 5) is 14.3. The van der Waals surface area contributed by atoms with E-state index < -0.39 is 0 Å². The van der Waals surface area contributed by atoms with Crippen LogP contribution in [0.25, 0.3) is 0 Å². The zero-order valence-electron chi connectivity index (χ0n) is 12.1. The van der Waals surface area contributed by atoms with E-state index in [9.17, 15) is 4.79 Å². The Morgan fingerprint density at radius 3 is 2.32 bits per heavy atom. The Balaban J connectivity index is 1.53. The summed E-state index contributed by atoms with van der Waals surface area (Å²) in [6, 6.07) is 0.694. The molecule has 108 valence electrons. The normalized spacial score (nSPS) is 28.5. The highest BCUT2D eigenvalue weighted by molar-refractivity contribution is 5.74. The summed E-state index contributed by atoms with van der Waals surface area (Å²) in [7, 11) is 1.97. The third-order valence-electron chi connectivity index (χ3n) is 4.85. The fourth-order valence-corrected chi connectivity index (χ4v) is 3.41. The van der Waals surface area contributed by atoms with Crippen LogP contribution >= 0.6 is 0 Å². The van der Waals surface area contributed by atoms with Crippen LogP contribution in [-0.4, -0.2) is 42.8 Å². The monoisotopic (exact) mass is 266 g/mol. The fourth-order valence-electron chi connectivity index (χ4n) is 3.41. The Morgan fingerprint density at radius 2 is 1.84 bits per heavy atom. The van der Waals surface area contributed by atoms with E-state index in [2.05, 4.69) is 12.2 Å². The second-order valence-electron chi connectivity index (χ2n) is 6.57. The predicted molar refractivity (Wildman–Crippen MR) is 74.0 cm³/mol. The second-order valence-corrected chi connectivity index (χ2v) is 6.57. The maximum Gasteiger partial charge on any atom is 0.317 e. The van der Waals surface area contributed by atoms with Crippen LogP contribution in [-0.2, 0) is 4.74 Å². The summed E-state index contributed by atoms with van der Waals surface area (Å²) in [6.07, 6.45) is 7.62. The molecule has 0 aromatic heterocycles. The molecule has 3 fully saturated rings. The van der Waals surface area contributed by atoms with Crippen molar-refractivity contribution in [3.8, 4) is 0 Å². The van der Waals surface area contributed by atoms with Crippen molar-refractivity contribution in [2.24, 2.45) is 11.8 Å². The van der Waals surface area contributed by atoms with Crippen LogP contribution < -0.4 is 5.32 Å². The Kier molecular flexibility index (Phi) is 3.70. The first-order valence-electron chi connectivity index (χ1n) is 7.81. The Labute approximate surface area is 115 Å². The average Bonchev–Trinajstić information content (AvgIpc) is 3.32. The Bertz CT molecular complexity index is 321. The molecular weight excluding hydrogens is 240 g/mol. The molecule has 2 amide bonds. The molecule has 1 N–H and O–H groups in total. The molecule has 0 radical (unpaired) electrons. The van der Waals surface area contributed by atoms with E-state index >= 15 is 0 Å². The van der Waals surface area contributed by atoms with Crippen molar-refractivity contribution in [1.82, 2.24) is 10.2 Å². The van der Waals surface area contributed by atoms with Gasteiger partial charge in [0.25, 0.3) is 0 Å². The van der Waals surface area contributed by atoms with E-state index in [-0.39, 0.29) is 18.2 Å². The topological polar surface area (TPSA) is 41.6 Å². The number of ether oxygens (including phenoxy) is 1. The lowest BCUT2D eigenvalue weighted by molar-refractivity contribution is 0.0819. The van der Waals surface area contributed by atoms with E-state index in [4.69, 9.17) is 4.74 Å². The predicted octanol–water partition coefficient (Wildman–Crippen LogP) is 2.38. The van der Waals surface area contributed by atoms with Gasteiger partial charge < -0.3 is 15.0 Å². The van der Waals surface area contributed by atoms with Crippen LogP contribution in [0, 0.1) is 11.8 Å². The van der Waals surface area contributed by atoms with Crippen molar-refractivity contribution in [3.63, 3.8) is 0 Å². The highest BCUT2D eigenvalue weighted by Gasteiger charge is 2.45. The number of carbonyl (C=O) groups is 1. The second kappa shape index (κ2) is 5.31. The van der Waals surface area contributed by atoms with Crippen molar-refractivity contribution < 1.29 is 9.53 Å². The number of nitrogens with zero attached hydrogens (tertiary/aromatic N) is 1. The number of hydrogen-bond acceptors (Lipinski definition) is 2. The van der Waals surface area contributed by atoms with Gasteiger partial charge in [-0.1, -0.05) is 0 Å². The Morgan fingerprint density at radius 1 is 1.21 bits per heavy atom. The minimum absolute atomic E-state index is 0.0896. The molecule has 1 heterocycles. The quantitative estimate of drug-likeness (QED) is 0.830. The highest BCUT2D eigenvalue weighted by atomic mass is 16.5. The number of hydrogen-bond donors (Lipinski definition) is 1. The number of amides is 2. The number of rotatable bonds is 5. The van der Waals surface area contributed by atoms with Crippen LogP contribution in [0.1, 0.15) is 45.4 Å². The zero-order chi connectivity index (χ0) is 13.4. The van der Waals surface area contributed by atoms with Crippen molar-refractivity contribution in [2.45, 2.75) is 63.6 Å². The lowest BCUT2D eigenvalue weighted by atomic mass is 10.1. The minimum Gasteiger partial charge on any atom is -0.376 e. The first-order chi connectivity index (χ1) is 9.16. The standard InChI is InChI=1S/C15H26N2O2/c1-10(13-4-3-9-19-13)16-15(18)17(2)14(11-5-6-11)12-7-8-12/h10-14H,3-9H2,1-2H3,(H,16,18)/t10-,13-/m1/s1. The van der Waals surface area contributed by atoms with Gasteiger partial charge in [0.1, 0.15) is 0 Å². The number of urea groups is 1. The van der Waals surface area contributed by atoms with Crippen LogP contribution in [0.15, 0.2) is 0 Å². The van der Waals surface area contributed by atoms with Crippen LogP contribution in [0.2, 0.25) is 0 Å². The molecular formula is C15H26N2O2. The summed E-state index contributed by atoms with van der Waals surface area (Å²) in [5.41, 5.74) is 0. The van der Waals surface area contributed by atoms with Gasteiger partial charge in [0, 0.05) is 19.7 Å². The van der Waals surface area contributed by atoms with Gasteiger partial charge in [-0.15, -0.1) is 0 Å². The molecule has 3 rings (SSSR count). The van der Waals surface area contributed by atoms with Gasteiger partial charge in [-0.25, -0.2) is 4.79 Å². The summed E-state index contributed by atoms with van der Waals surface area (Å²) in [5.74, 6) is 1.53. The summed E-state index contributed by atoms with van der Waals surface area (Å²) >= 11 is 0. The summed E-state index contributed by atoms with van der Waals surface area (Å²) < 4.78 is 5.64. The van der Waals surface area contributed by atoms with Crippen molar-refractivity contribution in [1.29, 1.82) is 0 Å². The smallest absolute Gasteiger partial charge is 0.317 e. The molecule has 0 spiro atoms. The lowest BCUT2D eigenvalue weighted by Crippen LogP contribution is -2.50. The van der Waals surface area contributed by atoms with Crippen molar-refractivity contribution >= 4 is 6.03 Å². The van der Waals surface area contributed by atoms with Crippen molar-refractivity contribution in [3.05, 3.63) is 0 Å². The molecule has 3 aliphatic rings. The highest BCUT2D eigenvalue weighted by Crippen LogP contribution is 2.46. The summed E-state index contributed by atoms with van der Waals surface area (Å²) in [6.45, 7) is 2.90. The molecule has 4 heteroatoms. The van der Waals surface area contributed by atoms with Crippen molar-refractivity contribution in [2.75, 3.05) is 13.7 Å². The van der Waals surface area contributed by atoms with Gasteiger partial charge in [-0.2, -0.15) is 0 Å². The summed E-state index contributed by atoms with van der Waals surface area (Å²) in [5, 5.41) is 3.13. The van der Waals surface area contributed by atoms with Crippen LogP contribution in [0.3, 0.4) is 0 Å². The van der Waals surface area contributed by atoms with Crippen LogP contribution in [0.5, 0.6) is 0 Å². The van der Waals surface area contributed by atoms with Gasteiger partial charge in [-0.3, -0.25) is 0 Å². The fraction of sp³-hybridized carbons (Fsp3) is 0.933. The lowest BCUT2D eigenvalue weighted by Gasteiger charge is -2.31. The molecule has 2 saturated carbocycles. The molecule has 1 saturated heterocycles. The number of nitrogens with one attached hydrogen (secondary N) is 1. The third-order valence-corrected chi connectivity index (χ3v) is 4.85. The van der Waals surface area contributed by atoms with E-state index in [1.165, 1.54) is 25.7 Å². The molecule has 19 heavy (non-hydrogen) atoms. The molecule has 0 aromatic rings. The van der Waals surface area contributed by atoms with Gasteiger partial charge in [0.15, 0.2) is 0 Å². The van der Waals surface area contributed by atoms with E-state index in [1.54, 1.807) is 0 Å². The minimum atomic E-state index is 0.0896. The first kappa shape index (κ1) is 13.2. The molecule has 2 atom stereocenters. The molecule has 0 unspecified atom stereocenters. The van der Waals surface area contributed by atoms with Gasteiger partial charge >= 0.3 is 6.03 Å². The van der Waals surface area contributed by atoms with E-state index in [0.29, 0.717) is 6.04 Å². The van der Waals surface area contributed by atoms with Gasteiger partial charge in [0.05, 0.1) is 12.1 Å². The van der Waals surface area contributed by atoms with Gasteiger partial charge in [0.2, 0.25) is 0 Å². The molecule has 1 aliphatic heterocycles. The van der Waals surface area contributed by atoms with E-state index in [0.717, 1.165) is 31.3 Å². The largest absolute Gasteiger partial charge is 0.376 e. The van der Waals surface area contributed by atoms with Gasteiger partial charge in [-0.05, 0) is 57.3 Å². The maximum absolute atomic E-state index is 12.4. The molecule has 0 bridgehead atoms. The third kappa shape index (κ3) is 3.04. The molecule has 4 nitrogen and oxygen atoms in total. The average molecular weight is 266 g/mol. The molecule has 2 aliphatic carbocycles. The molecule has 0 aromatic carbocycles. The van der Waals surface area contributed by atoms with E-state index in [1.807, 2.05) is 11.9 Å². The zero-order valence-corrected chi connectivity index (χ0v) is 12.1. The maximum atomic E-state index is 12.4. The van der Waals surface area contributed by atoms with Crippen LogP contribution in [0.4, 0.5) is 4.79 Å². The number of carbonyl (C=O) groups excluding carboxylic acids is 1. The first-order valence-corrected chi connectivity index (χ1v) is 7.81. The SMILES string of the molecule is C[C@@H](NC(=O)N(C)C(C1CC1)C1CC1)[C@H]1CCCO1.